The van der Waals surface area contributed by atoms with E-state index >= 15 is 0 Å². The maximum Gasteiger partial charge on any atom is 0.275 e. The lowest BCUT2D eigenvalue weighted by Gasteiger charge is -2.24. The summed E-state index contributed by atoms with van der Waals surface area (Å²) in [7, 11) is 0. The molecule has 1 fully saturated rings. The van der Waals surface area contributed by atoms with Gasteiger partial charge in [-0.1, -0.05) is 30.3 Å². The van der Waals surface area contributed by atoms with Crippen LogP contribution >= 0.6 is 0 Å². The Morgan fingerprint density at radius 3 is 2.92 bits per heavy atom. The van der Waals surface area contributed by atoms with Crippen LogP contribution in [0.1, 0.15) is 28.5 Å². The highest BCUT2D eigenvalue weighted by atomic mass is 19.1. The largest absolute Gasteiger partial charge is 0.391 e. The number of carbonyl (C=O) groups excluding carboxylic acids is 1. The highest BCUT2D eigenvalue weighted by Crippen LogP contribution is 2.34. The van der Waals surface area contributed by atoms with Crippen molar-refractivity contribution >= 4 is 16.8 Å². The number of rotatable bonds is 2. The van der Waals surface area contributed by atoms with Crippen LogP contribution in [0, 0.1) is 5.82 Å². The number of hydrogen-bond acceptors (Lipinski definition) is 3. The van der Waals surface area contributed by atoms with Crippen LogP contribution in [0.2, 0.25) is 0 Å². The number of amides is 1. The summed E-state index contributed by atoms with van der Waals surface area (Å²) in [6.07, 6.45) is -0.246. The van der Waals surface area contributed by atoms with Gasteiger partial charge in [-0.15, -0.1) is 0 Å². The van der Waals surface area contributed by atoms with E-state index in [1.54, 1.807) is 17.0 Å². The number of halogens is 1. The smallest absolute Gasteiger partial charge is 0.275 e. The molecule has 0 bridgehead atoms. The first-order valence-electron chi connectivity index (χ1n) is 7.81. The first-order chi connectivity index (χ1) is 11.6. The molecule has 2 N–H and O–H groups in total. The molecule has 1 aliphatic heterocycles. The number of nitrogens with zero attached hydrogens (tertiary/aromatic N) is 2. The van der Waals surface area contributed by atoms with Crippen molar-refractivity contribution in [3.8, 4) is 0 Å². The molecule has 3 aromatic rings. The predicted molar refractivity (Wildman–Crippen MR) is 86.9 cm³/mol. The molecule has 0 spiro atoms. The van der Waals surface area contributed by atoms with Gasteiger partial charge in [0.05, 0.1) is 17.7 Å². The van der Waals surface area contributed by atoms with Crippen molar-refractivity contribution in [1.29, 1.82) is 0 Å². The molecule has 2 unspecified atom stereocenters. The molecule has 1 saturated heterocycles. The molecular formula is C18H16FN3O2. The number of aromatic nitrogens is 2. The summed E-state index contributed by atoms with van der Waals surface area (Å²) >= 11 is 0. The Morgan fingerprint density at radius 2 is 2.08 bits per heavy atom. The molecule has 2 heterocycles. The van der Waals surface area contributed by atoms with Crippen LogP contribution in [-0.2, 0) is 0 Å². The number of para-hydroxylation sites is 1. The molecule has 5 nitrogen and oxygen atoms in total. The fourth-order valence-electron chi connectivity index (χ4n) is 3.33. The molecule has 1 aromatic heterocycles. The summed E-state index contributed by atoms with van der Waals surface area (Å²) in [5.74, 6) is -0.621. The molecule has 4 rings (SSSR count). The number of H-pyrrole nitrogens is 1. The van der Waals surface area contributed by atoms with Crippen molar-refractivity contribution in [3.63, 3.8) is 0 Å². The summed E-state index contributed by atoms with van der Waals surface area (Å²) in [6.45, 7) is 0.210. The lowest BCUT2D eigenvalue weighted by atomic mass is 10.0. The number of carbonyl (C=O) groups is 1. The fraction of sp³-hybridized carbons (Fsp3) is 0.222. The SMILES string of the molecule is O=C(c1n[nH]c2ccccc12)N1CC(O)CC1c1cccc(F)c1. The van der Waals surface area contributed by atoms with Crippen LogP contribution in [0.25, 0.3) is 10.9 Å². The van der Waals surface area contributed by atoms with Gasteiger partial charge in [-0.25, -0.2) is 4.39 Å². The van der Waals surface area contributed by atoms with E-state index in [1.807, 2.05) is 24.3 Å². The quantitative estimate of drug-likeness (QED) is 0.761. The average Bonchev–Trinajstić information content (AvgIpc) is 3.18. The molecule has 0 saturated carbocycles. The summed E-state index contributed by atoms with van der Waals surface area (Å²) < 4.78 is 13.5. The number of aromatic amines is 1. The minimum Gasteiger partial charge on any atom is -0.391 e. The van der Waals surface area contributed by atoms with Crippen LogP contribution in [0.4, 0.5) is 4.39 Å². The molecular weight excluding hydrogens is 309 g/mol. The zero-order valence-electron chi connectivity index (χ0n) is 12.8. The van der Waals surface area contributed by atoms with E-state index in [4.69, 9.17) is 0 Å². The Balaban J connectivity index is 1.72. The molecule has 1 aliphatic rings. The van der Waals surface area contributed by atoms with Crippen molar-refractivity contribution < 1.29 is 14.3 Å². The van der Waals surface area contributed by atoms with Crippen LogP contribution < -0.4 is 0 Å². The minimum atomic E-state index is -0.632. The van der Waals surface area contributed by atoms with Crippen LogP contribution in [0.3, 0.4) is 0 Å². The van der Waals surface area contributed by atoms with Crippen LogP contribution in [0.15, 0.2) is 48.5 Å². The van der Waals surface area contributed by atoms with Gasteiger partial charge in [0.2, 0.25) is 0 Å². The maximum atomic E-state index is 13.5. The van der Waals surface area contributed by atoms with E-state index in [2.05, 4.69) is 10.2 Å². The van der Waals surface area contributed by atoms with Gasteiger partial charge in [0.1, 0.15) is 5.82 Å². The first-order valence-corrected chi connectivity index (χ1v) is 7.81. The van der Waals surface area contributed by atoms with E-state index in [1.165, 1.54) is 12.1 Å². The van der Waals surface area contributed by atoms with Crippen molar-refractivity contribution in [2.24, 2.45) is 0 Å². The number of aliphatic hydroxyl groups is 1. The topological polar surface area (TPSA) is 69.2 Å². The average molecular weight is 325 g/mol. The third-order valence-corrected chi connectivity index (χ3v) is 4.45. The maximum absolute atomic E-state index is 13.5. The molecule has 122 valence electrons. The van der Waals surface area contributed by atoms with Crippen molar-refractivity contribution in [1.82, 2.24) is 15.1 Å². The zero-order chi connectivity index (χ0) is 16.7. The second-order valence-electron chi connectivity index (χ2n) is 6.04. The number of β-amino-alcohol motifs (C(OH)–C–C–N with tert-alkyl or cyclic N) is 1. The van der Waals surface area contributed by atoms with Crippen LogP contribution in [0.5, 0.6) is 0 Å². The zero-order valence-corrected chi connectivity index (χ0v) is 12.8. The van der Waals surface area contributed by atoms with Crippen LogP contribution in [-0.4, -0.2) is 38.8 Å². The molecule has 24 heavy (non-hydrogen) atoms. The lowest BCUT2D eigenvalue weighted by molar-refractivity contribution is 0.0711. The van der Waals surface area contributed by atoms with Gasteiger partial charge in [0.25, 0.3) is 5.91 Å². The van der Waals surface area contributed by atoms with E-state index in [9.17, 15) is 14.3 Å². The minimum absolute atomic E-state index is 0.210. The molecule has 2 aromatic carbocycles. The molecule has 0 radical (unpaired) electrons. The molecule has 2 atom stereocenters. The van der Waals surface area contributed by atoms with Gasteiger partial charge >= 0.3 is 0 Å². The summed E-state index contributed by atoms with van der Waals surface area (Å²) in [6, 6.07) is 13.2. The van der Waals surface area contributed by atoms with E-state index in [-0.39, 0.29) is 24.3 Å². The third-order valence-electron chi connectivity index (χ3n) is 4.45. The summed E-state index contributed by atoms with van der Waals surface area (Å²) in [5, 5.41) is 17.8. The van der Waals surface area contributed by atoms with Gasteiger partial charge < -0.3 is 10.0 Å². The Kier molecular flexibility index (Phi) is 3.54. The Morgan fingerprint density at radius 1 is 1.25 bits per heavy atom. The van der Waals surface area contributed by atoms with Crippen molar-refractivity contribution in [3.05, 3.63) is 65.6 Å². The fourth-order valence-corrected chi connectivity index (χ4v) is 3.33. The normalized spacial score (nSPS) is 20.7. The number of nitrogens with one attached hydrogen (secondary N) is 1. The van der Waals surface area contributed by atoms with Crippen molar-refractivity contribution in [2.75, 3.05) is 6.54 Å². The Bertz CT molecular complexity index is 908. The lowest BCUT2D eigenvalue weighted by Crippen LogP contribution is -2.32. The molecule has 6 heteroatoms. The van der Waals surface area contributed by atoms with Crippen molar-refractivity contribution in [2.45, 2.75) is 18.6 Å². The van der Waals surface area contributed by atoms with E-state index in [0.717, 1.165) is 10.9 Å². The van der Waals surface area contributed by atoms with Gasteiger partial charge in [-0.3, -0.25) is 9.89 Å². The first kappa shape index (κ1) is 14.8. The van der Waals surface area contributed by atoms with E-state index < -0.39 is 6.10 Å². The highest BCUT2D eigenvalue weighted by molar-refractivity contribution is 6.04. The highest BCUT2D eigenvalue weighted by Gasteiger charge is 2.37. The van der Waals surface area contributed by atoms with Gasteiger partial charge in [-0.2, -0.15) is 5.10 Å². The molecule has 1 amide bonds. The van der Waals surface area contributed by atoms with Gasteiger partial charge in [-0.05, 0) is 30.2 Å². The monoisotopic (exact) mass is 325 g/mol. The number of fused-ring (bicyclic) bond motifs is 1. The third kappa shape index (κ3) is 2.45. The summed E-state index contributed by atoms with van der Waals surface area (Å²) in [5.41, 5.74) is 1.78. The van der Waals surface area contributed by atoms with E-state index in [0.29, 0.717) is 17.7 Å². The second kappa shape index (κ2) is 5.72. The second-order valence-corrected chi connectivity index (χ2v) is 6.04. The van der Waals surface area contributed by atoms with Gasteiger partial charge in [0.15, 0.2) is 5.69 Å². The Hall–Kier alpha value is -2.73. The predicted octanol–water partition coefficient (Wildman–Crippen LogP) is 2.65. The number of likely N-dealkylation sites (tertiary alicyclic amines) is 1. The molecule has 0 aliphatic carbocycles. The standard InChI is InChI=1S/C18H16FN3O2/c19-12-5-3-4-11(8-12)16-9-13(23)10-22(16)18(24)17-14-6-1-2-7-15(14)20-21-17/h1-8,13,16,23H,9-10H2,(H,20,21). The number of hydrogen-bond donors (Lipinski definition) is 2. The number of aliphatic hydroxyl groups excluding tert-OH is 1. The Labute approximate surface area is 137 Å². The number of benzene rings is 2. The van der Waals surface area contributed by atoms with Gasteiger partial charge in [0, 0.05) is 11.9 Å². The summed E-state index contributed by atoms with van der Waals surface area (Å²) in [4.78, 5) is 14.5.